The summed E-state index contributed by atoms with van der Waals surface area (Å²) in [7, 11) is 1.53. The maximum absolute atomic E-state index is 13.9. The largest absolute Gasteiger partial charge is 0.504 e. The number of anilines is 2. The van der Waals surface area contributed by atoms with Crippen molar-refractivity contribution in [1.82, 2.24) is 10.5 Å². The number of nitrogens with one attached hydrogen (secondary N) is 2. The van der Waals surface area contributed by atoms with Crippen molar-refractivity contribution in [1.29, 1.82) is 0 Å². The van der Waals surface area contributed by atoms with E-state index in [1.54, 1.807) is 37.3 Å². The Hall–Kier alpha value is -4.19. The molecule has 11 nitrogen and oxygen atoms in total. The molecule has 0 bridgehead atoms. The van der Waals surface area contributed by atoms with Gasteiger partial charge < -0.3 is 30.1 Å². The third-order valence-corrected chi connectivity index (χ3v) is 7.66. The van der Waals surface area contributed by atoms with E-state index >= 15 is 0 Å². The molecule has 0 spiro atoms. The maximum Gasteiger partial charge on any atom is 0.248 e. The Bertz CT molecular complexity index is 1360. The molecule has 1 aliphatic rings. The Morgan fingerprint density at radius 1 is 1.05 bits per heavy atom. The third-order valence-electron chi connectivity index (χ3n) is 6.75. The van der Waals surface area contributed by atoms with Crippen LogP contribution in [0.15, 0.2) is 53.1 Å². The summed E-state index contributed by atoms with van der Waals surface area (Å²) in [6, 6.07) is 11.2. The summed E-state index contributed by atoms with van der Waals surface area (Å²) >= 11 is 1.08. The van der Waals surface area contributed by atoms with E-state index < -0.39 is 23.6 Å². The van der Waals surface area contributed by atoms with Crippen LogP contribution in [0.5, 0.6) is 17.2 Å². The maximum atomic E-state index is 13.9. The predicted octanol–water partition coefficient (Wildman–Crippen LogP) is 4.30. The molecule has 3 amide bonds. The molecule has 1 atom stereocenters. The standard InChI is InChI=1S/C29H34N4O7S/c1-18-14-25(32-40-18)31-26(36)16-41-17-27(37)33(21-9-11-22(39-2)12-10-21)28(19-8-13-23(34)24(35)15-19)29(38)30-20-6-4-3-5-7-20/h8-15,20,28,34-35H,3-7,16-17H2,1-2H3,(H,30,38)(H,31,32,36)/t28-/m0/s1. The normalized spacial score (nSPS) is 14.2. The van der Waals surface area contributed by atoms with Crippen molar-refractivity contribution in [3.63, 3.8) is 0 Å². The number of hydrogen-bond acceptors (Lipinski definition) is 9. The van der Waals surface area contributed by atoms with Gasteiger partial charge in [0.25, 0.3) is 0 Å². The highest BCUT2D eigenvalue weighted by Crippen LogP contribution is 2.35. The van der Waals surface area contributed by atoms with Gasteiger partial charge in [0.05, 0.1) is 18.6 Å². The minimum absolute atomic E-state index is 0.0319. The lowest BCUT2D eigenvalue weighted by Crippen LogP contribution is -2.48. The number of rotatable bonds is 11. The number of phenols is 2. The van der Waals surface area contributed by atoms with E-state index in [0.29, 0.717) is 22.8 Å². The second-order valence-corrected chi connectivity index (χ2v) is 10.8. The molecule has 0 radical (unpaired) electrons. The van der Waals surface area contributed by atoms with Crippen LogP contribution in [0.25, 0.3) is 0 Å². The number of phenolic OH excluding ortho intramolecular Hbond substituents is 2. The van der Waals surface area contributed by atoms with Crippen LogP contribution in [0, 0.1) is 6.92 Å². The fraction of sp³-hybridized carbons (Fsp3) is 0.379. The highest BCUT2D eigenvalue weighted by Gasteiger charge is 2.34. The first-order valence-corrected chi connectivity index (χ1v) is 14.5. The fourth-order valence-corrected chi connectivity index (χ4v) is 5.41. The highest BCUT2D eigenvalue weighted by atomic mass is 32.2. The first-order valence-electron chi connectivity index (χ1n) is 13.3. The first-order chi connectivity index (χ1) is 19.7. The lowest BCUT2D eigenvalue weighted by Gasteiger charge is -2.33. The summed E-state index contributed by atoms with van der Waals surface area (Å²) in [4.78, 5) is 41.5. The van der Waals surface area contributed by atoms with Gasteiger partial charge in [0.1, 0.15) is 17.6 Å². The number of benzene rings is 2. The minimum Gasteiger partial charge on any atom is -0.504 e. The second-order valence-electron chi connectivity index (χ2n) is 9.82. The molecular formula is C29H34N4O7S. The average Bonchev–Trinajstić information content (AvgIpc) is 3.37. The number of carbonyl (C=O) groups is 3. The van der Waals surface area contributed by atoms with Gasteiger partial charge in [0.2, 0.25) is 17.7 Å². The van der Waals surface area contributed by atoms with Crippen LogP contribution >= 0.6 is 11.8 Å². The van der Waals surface area contributed by atoms with Crippen LogP contribution in [-0.2, 0) is 14.4 Å². The van der Waals surface area contributed by atoms with Crippen LogP contribution < -0.4 is 20.3 Å². The zero-order chi connectivity index (χ0) is 29.4. The molecule has 0 saturated heterocycles. The van der Waals surface area contributed by atoms with Gasteiger partial charge in [-0.15, -0.1) is 11.8 Å². The number of ether oxygens (including phenoxy) is 1. The molecule has 0 aliphatic heterocycles. The number of carbonyl (C=O) groups excluding carboxylic acids is 3. The van der Waals surface area contributed by atoms with Gasteiger partial charge in [0.15, 0.2) is 17.3 Å². The Balaban J connectivity index is 1.61. The molecule has 4 N–H and O–H groups in total. The lowest BCUT2D eigenvalue weighted by molar-refractivity contribution is -0.126. The van der Waals surface area contributed by atoms with Gasteiger partial charge in [-0.2, -0.15) is 0 Å². The smallest absolute Gasteiger partial charge is 0.248 e. The number of nitrogens with zero attached hydrogens (tertiary/aromatic N) is 2. The van der Waals surface area contributed by atoms with Crippen molar-refractivity contribution >= 4 is 41.0 Å². The Morgan fingerprint density at radius 2 is 1.78 bits per heavy atom. The molecule has 1 saturated carbocycles. The number of amides is 3. The van der Waals surface area contributed by atoms with E-state index in [9.17, 15) is 24.6 Å². The quantitative estimate of drug-likeness (QED) is 0.242. The van der Waals surface area contributed by atoms with E-state index in [1.807, 2.05) is 0 Å². The number of aromatic hydroxyl groups is 2. The number of hydrogen-bond donors (Lipinski definition) is 4. The van der Waals surface area contributed by atoms with Gasteiger partial charge in [-0.05, 0) is 61.7 Å². The lowest BCUT2D eigenvalue weighted by atomic mass is 9.94. The van der Waals surface area contributed by atoms with Crippen molar-refractivity contribution in [2.45, 2.75) is 51.1 Å². The van der Waals surface area contributed by atoms with E-state index in [0.717, 1.165) is 43.9 Å². The van der Waals surface area contributed by atoms with Crippen LogP contribution in [-0.4, -0.2) is 57.7 Å². The van der Waals surface area contributed by atoms with Crippen molar-refractivity contribution in [2.24, 2.45) is 0 Å². The van der Waals surface area contributed by atoms with Gasteiger partial charge in [0, 0.05) is 17.8 Å². The molecule has 0 unspecified atom stereocenters. The first kappa shape index (κ1) is 29.8. The van der Waals surface area contributed by atoms with Crippen LogP contribution in [0.2, 0.25) is 0 Å². The molecule has 1 heterocycles. The number of aryl methyl sites for hydroxylation is 1. The third kappa shape index (κ3) is 7.94. The summed E-state index contributed by atoms with van der Waals surface area (Å²) in [5.41, 5.74) is 0.747. The Morgan fingerprint density at radius 3 is 2.41 bits per heavy atom. The number of aromatic nitrogens is 1. The van der Waals surface area contributed by atoms with Crippen molar-refractivity contribution in [3.05, 3.63) is 59.9 Å². The minimum atomic E-state index is -1.16. The second kappa shape index (κ2) is 13.9. The molecule has 4 rings (SSSR count). The summed E-state index contributed by atoms with van der Waals surface area (Å²) in [5.74, 6) is -0.691. The molecular weight excluding hydrogens is 548 g/mol. The Kier molecular flexibility index (Phi) is 10.1. The summed E-state index contributed by atoms with van der Waals surface area (Å²) < 4.78 is 10.2. The van der Waals surface area contributed by atoms with Crippen molar-refractivity contribution < 1.29 is 33.9 Å². The molecule has 1 aliphatic carbocycles. The summed E-state index contributed by atoms with van der Waals surface area (Å²) in [6.07, 6.45) is 4.80. The van der Waals surface area contributed by atoms with E-state index in [-0.39, 0.29) is 35.0 Å². The number of methoxy groups -OCH3 is 1. The topological polar surface area (TPSA) is 154 Å². The van der Waals surface area contributed by atoms with Gasteiger partial charge in [-0.25, -0.2) is 0 Å². The van der Waals surface area contributed by atoms with E-state index in [4.69, 9.17) is 9.26 Å². The molecule has 218 valence electrons. The SMILES string of the molecule is COc1ccc(N(C(=O)CSCC(=O)Nc2cc(C)on2)[C@H](C(=O)NC2CCCCC2)c2ccc(O)c(O)c2)cc1. The van der Waals surface area contributed by atoms with Crippen molar-refractivity contribution in [3.8, 4) is 17.2 Å². The van der Waals surface area contributed by atoms with Crippen molar-refractivity contribution in [2.75, 3.05) is 28.8 Å². The zero-order valence-corrected chi connectivity index (χ0v) is 23.8. The van der Waals surface area contributed by atoms with Gasteiger partial charge >= 0.3 is 0 Å². The molecule has 3 aromatic rings. The average molecular weight is 583 g/mol. The fourth-order valence-electron chi connectivity index (χ4n) is 4.74. The van der Waals surface area contributed by atoms with Crippen LogP contribution in [0.1, 0.15) is 49.5 Å². The number of thioether (sulfide) groups is 1. The van der Waals surface area contributed by atoms with Gasteiger partial charge in [-0.1, -0.05) is 30.5 Å². The predicted molar refractivity (Wildman–Crippen MR) is 155 cm³/mol. The summed E-state index contributed by atoms with van der Waals surface area (Å²) in [6.45, 7) is 1.71. The van der Waals surface area contributed by atoms with E-state index in [1.165, 1.54) is 30.2 Å². The monoisotopic (exact) mass is 582 g/mol. The molecule has 1 aromatic heterocycles. The van der Waals surface area contributed by atoms with E-state index in [2.05, 4.69) is 15.8 Å². The van der Waals surface area contributed by atoms with Crippen LogP contribution in [0.4, 0.5) is 11.5 Å². The molecule has 1 fully saturated rings. The zero-order valence-electron chi connectivity index (χ0n) is 23.0. The molecule has 41 heavy (non-hydrogen) atoms. The molecule has 2 aromatic carbocycles. The van der Waals surface area contributed by atoms with Gasteiger partial charge in [-0.3, -0.25) is 19.3 Å². The Labute approximate surface area is 242 Å². The summed E-state index contributed by atoms with van der Waals surface area (Å²) in [5, 5.41) is 29.6. The highest BCUT2D eigenvalue weighted by molar-refractivity contribution is 8.00. The molecule has 12 heteroatoms. The van der Waals surface area contributed by atoms with Crippen LogP contribution in [0.3, 0.4) is 0 Å².